The van der Waals surface area contributed by atoms with E-state index >= 15 is 4.79 Å². The van der Waals surface area contributed by atoms with Crippen LogP contribution in [0.5, 0.6) is 11.5 Å². The normalized spacial score (nSPS) is 20.0. The second-order valence-corrected chi connectivity index (χ2v) is 14.2. The van der Waals surface area contributed by atoms with Gasteiger partial charge < -0.3 is 14.8 Å². The second kappa shape index (κ2) is 12.7. The third kappa shape index (κ3) is 5.30. The third-order valence-corrected chi connectivity index (χ3v) is 11.3. The van der Waals surface area contributed by atoms with Crippen LogP contribution in [0.2, 0.25) is 5.02 Å². The fourth-order valence-electron chi connectivity index (χ4n) is 6.51. The van der Waals surface area contributed by atoms with Crippen LogP contribution in [-0.2, 0) is 26.9 Å². The molecule has 0 radical (unpaired) electrons. The minimum Gasteiger partial charge on any atom is -0.497 e. The zero-order valence-corrected chi connectivity index (χ0v) is 27.7. The number of halogens is 1. The Hall–Kier alpha value is -3.48. The summed E-state index contributed by atoms with van der Waals surface area (Å²) in [6.45, 7) is 4.03. The van der Waals surface area contributed by atoms with Crippen molar-refractivity contribution in [1.82, 2.24) is 15.2 Å². The van der Waals surface area contributed by atoms with Gasteiger partial charge in [-0.25, -0.2) is 17.7 Å². The van der Waals surface area contributed by atoms with E-state index in [-0.39, 0.29) is 16.6 Å². The van der Waals surface area contributed by atoms with E-state index in [0.717, 1.165) is 40.7 Å². The molecule has 2 atom stereocenters. The lowest BCUT2D eigenvalue weighted by Crippen LogP contribution is -2.54. The molecule has 9 nitrogen and oxygen atoms in total. The highest BCUT2D eigenvalue weighted by atomic mass is 35.5. The number of hydrogen-bond acceptors (Lipinski definition) is 9. The first kappa shape index (κ1) is 31.5. The fourth-order valence-corrected chi connectivity index (χ4v) is 8.93. The first-order valence-corrected chi connectivity index (χ1v) is 17.5. The maximum atomic E-state index is 15.4. The number of rotatable bonds is 11. The molecule has 0 aliphatic carbocycles. The van der Waals surface area contributed by atoms with Gasteiger partial charge in [-0.1, -0.05) is 24.6 Å². The van der Waals surface area contributed by atoms with Crippen molar-refractivity contribution < 1.29 is 22.7 Å². The Morgan fingerprint density at radius 3 is 2.56 bits per heavy atom. The molecule has 2 aliphatic heterocycles. The van der Waals surface area contributed by atoms with Gasteiger partial charge in [0.1, 0.15) is 16.5 Å². The molecule has 12 heteroatoms. The summed E-state index contributed by atoms with van der Waals surface area (Å²) >= 11 is 8.19. The second-order valence-electron chi connectivity index (χ2n) is 11.1. The Labute approximate surface area is 272 Å². The number of carbonyl (C=O) groups excluding carboxylic acids is 1. The van der Waals surface area contributed by atoms with Crippen molar-refractivity contribution in [2.75, 3.05) is 31.6 Å². The number of methoxy groups -OCH3 is 2. The van der Waals surface area contributed by atoms with Crippen molar-refractivity contribution in [3.8, 4) is 11.5 Å². The number of carbonyl (C=O) groups is 1. The van der Waals surface area contributed by atoms with Crippen LogP contribution >= 0.6 is 22.9 Å². The highest BCUT2D eigenvalue weighted by Crippen LogP contribution is 2.57. The molecule has 1 amide bonds. The number of ether oxygens (including phenoxy) is 2. The van der Waals surface area contributed by atoms with Gasteiger partial charge in [0.15, 0.2) is 5.54 Å². The maximum absolute atomic E-state index is 15.4. The molecule has 3 heterocycles. The number of fused-ring (bicyclic) bond motifs is 1. The lowest BCUT2D eigenvalue weighted by Gasteiger charge is -2.41. The highest BCUT2D eigenvalue weighted by Gasteiger charge is 2.62. The number of thiazole rings is 1. The van der Waals surface area contributed by atoms with E-state index in [1.165, 1.54) is 30.6 Å². The van der Waals surface area contributed by atoms with E-state index in [4.69, 9.17) is 21.1 Å². The minimum absolute atomic E-state index is 0.0317. The Morgan fingerprint density at radius 2 is 1.87 bits per heavy atom. The minimum atomic E-state index is -4.37. The van der Waals surface area contributed by atoms with Gasteiger partial charge in [0.2, 0.25) is 0 Å². The van der Waals surface area contributed by atoms with Crippen molar-refractivity contribution in [3.63, 3.8) is 0 Å². The molecule has 0 saturated carbocycles. The first-order valence-electron chi connectivity index (χ1n) is 14.9. The summed E-state index contributed by atoms with van der Waals surface area (Å²) in [7, 11) is -1.30. The molecule has 2 aliphatic rings. The van der Waals surface area contributed by atoms with Gasteiger partial charge in [-0.05, 0) is 86.0 Å². The van der Waals surface area contributed by atoms with Crippen molar-refractivity contribution in [2.45, 2.75) is 49.2 Å². The summed E-state index contributed by atoms with van der Waals surface area (Å²) in [4.78, 5) is 22.1. The van der Waals surface area contributed by atoms with E-state index in [9.17, 15) is 8.42 Å². The number of aromatic nitrogens is 1. The topological polar surface area (TPSA) is 101 Å². The number of nitrogens with one attached hydrogen (secondary N) is 1. The van der Waals surface area contributed by atoms with Crippen LogP contribution in [0.25, 0.3) is 0 Å². The van der Waals surface area contributed by atoms with Crippen LogP contribution in [0.3, 0.4) is 0 Å². The Bertz CT molecular complexity index is 1800. The molecule has 4 aromatic rings. The van der Waals surface area contributed by atoms with Crippen LogP contribution in [0.1, 0.15) is 53.9 Å². The smallest absolute Gasteiger partial charge is 0.271 e. The predicted molar refractivity (Wildman–Crippen MR) is 176 cm³/mol. The average molecular weight is 667 g/mol. The molecule has 2 unspecified atom stereocenters. The van der Waals surface area contributed by atoms with Crippen LogP contribution in [-0.4, -0.2) is 51.5 Å². The predicted octanol–water partition coefficient (Wildman–Crippen LogP) is 6.13. The summed E-state index contributed by atoms with van der Waals surface area (Å²) in [5.41, 5.74) is 0.652. The summed E-state index contributed by atoms with van der Waals surface area (Å²) in [6, 6.07) is 16.5. The molecule has 45 heavy (non-hydrogen) atoms. The SMILES string of the molecule is CCCNCc1ccc(OC)c(C2(N3CCCC3c3nccs3)C(=O)N(S(=O)(=O)c3ccc(OC)cc3)c3ccc(Cl)cc32)c1. The van der Waals surface area contributed by atoms with Crippen molar-refractivity contribution in [1.29, 1.82) is 0 Å². The van der Waals surface area contributed by atoms with Gasteiger partial charge in [0, 0.05) is 40.8 Å². The standard InChI is InChI=1S/C33H35ClN4O5S2/c1-4-15-35-21-22-7-14-30(43-3)27(19-22)33(37-17-5-6-29(37)31-36-16-18-44-31)26-20-23(34)8-13-28(26)38(32(33)39)45(40,41)25-11-9-24(42-2)10-12-25/h7-14,16,18-20,29,35H,4-6,15,17,21H2,1-3H3. The molecule has 236 valence electrons. The molecule has 1 fully saturated rings. The Kier molecular flexibility index (Phi) is 8.91. The monoisotopic (exact) mass is 666 g/mol. The largest absolute Gasteiger partial charge is 0.497 e. The van der Waals surface area contributed by atoms with E-state index < -0.39 is 21.5 Å². The van der Waals surface area contributed by atoms with Gasteiger partial charge in [0.05, 0.1) is 30.8 Å². The highest BCUT2D eigenvalue weighted by molar-refractivity contribution is 7.93. The number of nitrogens with zero attached hydrogens (tertiary/aromatic N) is 3. The summed E-state index contributed by atoms with van der Waals surface area (Å²) in [5, 5.41) is 6.60. The van der Waals surface area contributed by atoms with Gasteiger partial charge >= 0.3 is 0 Å². The van der Waals surface area contributed by atoms with E-state index in [2.05, 4.69) is 22.1 Å². The molecule has 0 bridgehead atoms. The lowest BCUT2D eigenvalue weighted by molar-refractivity contribution is -0.127. The van der Waals surface area contributed by atoms with Gasteiger partial charge in [-0.2, -0.15) is 0 Å². The molecule has 3 aromatic carbocycles. The quantitative estimate of drug-likeness (QED) is 0.191. The molecule has 1 aromatic heterocycles. The molecule has 0 spiro atoms. The summed E-state index contributed by atoms with van der Waals surface area (Å²) in [5.74, 6) is 0.364. The van der Waals surface area contributed by atoms with Crippen LogP contribution in [0.4, 0.5) is 5.69 Å². The van der Waals surface area contributed by atoms with Crippen molar-refractivity contribution >= 4 is 44.6 Å². The fraction of sp³-hybridized carbons (Fsp3) is 0.333. The molecule has 6 rings (SSSR count). The number of likely N-dealkylation sites (tertiary alicyclic amines) is 1. The van der Waals surface area contributed by atoms with E-state index in [1.54, 1.807) is 43.6 Å². The third-order valence-electron chi connectivity index (χ3n) is 8.49. The van der Waals surface area contributed by atoms with Crippen molar-refractivity contribution in [3.05, 3.63) is 99.0 Å². The van der Waals surface area contributed by atoms with E-state index in [1.807, 2.05) is 23.6 Å². The summed E-state index contributed by atoms with van der Waals surface area (Å²) < 4.78 is 41.1. The number of benzene rings is 3. The molecular formula is C33H35ClN4O5S2. The molecule has 1 N–H and O–H groups in total. The van der Waals surface area contributed by atoms with Gasteiger partial charge in [-0.3, -0.25) is 9.69 Å². The zero-order chi connectivity index (χ0) is 31.8. The van der Waals surface area contributed by atoms with Crippen LogP contribution < -0.4 is 19.1 Å². The van der Waals surface area contributed by atoms with Gasteiger partial charge in [-0.15, -0.1) is 11.3 Å². The molecule has 1 saturated heterocycles. The number of amides is 1. The first-order chi connectivity index (χ1) is 21.8. The lowest BCUT2D eigenvalue weighted by atomic mass is 9.80. The van der Waals surface area contributed by atoms with E-state index in [0.29, 0.717) is 40.7 Å². The molecular weight excluding hydrogens is 632 g/mol. The number of anilines is 1. The van der Waals surface area contributed by atoms with Crippen LogP contribution in [0, 0.1) is 0 Å². The number of hydrogen-bond donors (Lipinski definition) is 1. The maximum Gasteiger partial charge on any atom is 0.271 e. The zero-order valence-electron chi connectivity index (χ0n) is 25.3. The number of sulfonamides is 1. The van der Waals surface area contributed by atoms with Crippen LogP contribution in [0.15, 0.2) is 77.1 Å². The Morgan fingerprint density at radius 1 is 1.07 bits per heavy atom. The summed E-state index contributed by atoms with van der Waals surface area (Å²) in [6.07, 6.45) is 4.27. The van der Waals surface area contributed by atoms with Crippen molar-refractivity contribution in [2.24, 2.45) is 0 Å². The average Bonchev–Trinajstić information content (AvgIpc) is 3.80. The van der Waals surface area contributed by atoms with Gasteiger partial charge in [0.25, 0.3) is 15.9 Å². The Balaban J connectivity index is 1.64.